The number of nitrogens with zero attached hydrogens (tertiary/aromatic N) is 1. The van der Waals surface area contributed by atoms with Crippen LogP contribution in [0.2, 0.25) is 0 Å². The van der Waals surface area contributed by atoms with Gasteiger partial charge in [0, 0.05) is 36.9 Å². The summed E-state index contributed by atoms with van der Waals surface area (Å²) in [5, 5.41) is 6.99. The smallest absolute Gasteiger partial charge is 0.227 e. The van der Waals surface area contributed by atoms with E-state index in [-0.39, 0.29) is 24.4 Å². The van der Waals surface area contributed by atoms with Crippen molar-refractivity contribution in [3.05, 3.63) is 10.6 Å². The van der Waals surface area contributed by atoms with Gasteiger partial charge in [0.15, 0.2) is 5.13 Å². The van der Waals surface area contributed by atoms with Crippen LogP contribution in [0, 0.1) is 0 Å². The van der Waals surface area contributed by atoms with Gasteiger partial charge in [0.2, 0.25) is 5.91 Å². The number of fused-ring (bicyclic) bond motifs is 1. The highest BCUT2D eigenvalue weighted by Gasteiger charge is 2.19. The van der Waals surface area contributed by atoms with Crippen molar-refractivity contribution in [1.82, 2.24) is 10.3 Å². The van der Waals surface area contributed by atoms with Crippen LogP contribution in [0.25, 0.3) is 0 Å². The lowest BCUT2D eigenvalue weighted by Gasteiger charge is -2.22. The zero-order chi connectivity index (χ0) is 13.1. The van der Waals surface area contributed by atoms with Crippen LogP contribution >= 0.6 is 35.5 Å². The molecule has 1 unspecified atom stereocenters. The third-order valence-corrected chi connectivity index (χ3v) is 5.29. The molecule has 112 valence electrons. The van der Waals surface area contributed by atoms with E-state index < -0.39 is 0 Å². The lowest BCUT2D eigenvalue weighted by molar-refractivity contribution is -0.116. The van der Waals surface area contributed by atoms with Crippen molar-refractivity contribution in [3.63, 3.8) is 0 Å². The van der Waals surface area contributed by atoms with Crippen LogP contribution in [-0.2, 0) is 22.6 Å². The van der Waals surface area contributed by atoms with Crippen LogP contribution in [0.5, 0.6) is 0 Å². The number of carbonyl (C=O) groups excluding carboxylic acids is 1. The Morgan fingerprint density at radius 1 is 1.55 bits per heavy atom. The van der Waals surface area contributed by atoms with Crippen LogP contribution in [-0.4, -0.2) is 41.6 Å². The molecule has 2 N–H and O–H groups in total. The van der Waals surface area contributed by atoms with E-state index in [0.29, 0.717) is 18.2 Å². The standard InChI is InChI=1S/C12H17N3O2S2.ClH/c16-11(5-8-7-18-4-2-13-8)15-12-14-9-1-3-17-6-10(9)19-12;/h8,13H,1-7H2,(H,14,15,16);1H. The molecular weight excluding hydrogens is 318 g/mol. The van der Waals surface area contributed by atoms with Crippen molar-refractivity contribution in [2.75, 3.05) is 30.0 Å². The first-order chi connectivity index (χ1) is 9.31. The van der Waals surface area contributed by atoms with E-state index in [1.807, 2.05) is 11.8 Å². The van der Waals surface area contributed by atoms with E-state index in [0.717, 1.165) is 41.6 Å². The Bertz CT molecular complexity index is 440. The Labute approximate surface area is 132 Å². The molecule has 1 atom stereocenters. The van der Waals surface area contributed by atoms with Gasteiger partial charge in [-0.05, 0) is 0 Å². The second-order valence-electron chi connectivity index (χ2n) is 4.67. The summed E-state index contributed by atoms with van der Waals surface area (Å²) >= 11 is 3.43. The average molecular weight is 336 g/mol. The quantitative estimate of drug-likeness (QED) is 0.879. The third-order valence-electron chi connectivity index (χ3n) is 3.17. The topological polar surface area (TPSA) is 63.2 Å². The number of amides is 1. The van der Waals surface area contributed by atoms with E-state index in [4.69, 9.17) is 4.74 Å². The van der Waals surface area contributed by atoms with E-state index in [1.165, 1.54) is 11.3 Å². The molecule has 3 heterocycles. The van der Waals surface area contributed by atoms with Crippen molar-refractivity contribution in [2.45, 2.75) is 25.5 Å². The normalized spacial score (nSPS) is 21.7. The fourth-order valence-electron chi connectivity index (χ4n) is 2.22. The molecule has 0 aliphatic carbocycles. The SMILES string of the molecule is Cl.O=C(CC1CSCCN1)Nc1nc2c(s1)COCC2. The van der Waals surface area contributed by atoms with E-state index in [2.05, 4.69) is 15.6 Å². The number of hydrogen-bond donors (Lipinski definition) is 2. The van der Waals surface area contributed by atoms with Crippen molar-refractivity contribution < 1.29 is 9.53 Å². The number of thiazole rings is 1. The number of carbonyl (C=O) groups is 1. The maximum absolute atomic E-state index is 12.0. The Morgan fingerprint density at radius 3 is 3.20 bits per heavy atom. The second-order valence-corrected chi connectivity index (χ2v) is 6.90. The van der Waals surface area contributed by atoms with Crippen LogP contribution in [0.1, 0.15) is 17.0 Å². The molecule has 0 aromatic carbocycles. The molecule has 0 saturated carbocycles. The second kappa shape index (κ2) is 7.61. The van der Waals surface area contributed by atoms with Crippen molar-refractivity contribution in [2.24, 2.45) is 0 Å². The maximum atomic E-state index is 12.0. The number of hydrogen-bond acceptors (Lipinski definition) is 6. The molecule has 8 heteroatoms. The molecule has 1 aromatic rings. The number of nitrogens with one attached hydrogen (secondary N) is 2. The summed E-state index contributed by atoms with van der Waals surface area (Å²) in [5.74, 6) is 2.19. The van der Waals surface area contributed by atoms with Gasteiger partial charge in [0.05, 0.1) is 23.8 Å². The van der Waals surface area contributed by atoms with Gasteiger partial charge in [-0.3, -0.25) is 4.79 Å². The summed E-state index contributed by atoms with van der Waals surface area (Å²) in [6.07, 6.45) is 1.37. The molecule has 0 spiro atoms. The van der Waals surface area contributed by atoms with Crippen molar-refractivity contribution >= 4 is 46.5 Å². The predicted molar refractivity (Wildman–Crippen MR) is 85.1 cm³/mol. The van der Waals surface area contributed by atoms with Gasteiger partial charge in [0.1, 0.15) is 0 Å². The number of ether oxygens (including phenoxy) is 1. The van der Waals surface area contributed by atoms with E-state index >= 15 is 0 Å². The van der Waals surface area contributed by atoms with Crippen molar-refractivity contribution in [1.29, 1.82) is 0 Å². The van der Waals surface area contributed by atoms with Gasteiger partial charge in [0.25, 0.3) is 0 Å². The van der Waals surface area contributed by atoms with Gasteiger partial charge < -0.3 is 15.4 Å². The first kappa shape index (κ1) is 16.0. The third kappa shape index (κ3) is 4.08. The highest BCUT2D eigenvalue weighted by Crippen LogP contribution is 2.27. The highest BCUT2D eigenvalue weighted by atomic mass is 35.5. The Kier molecular flexibility index (Phi) is 6.10. The van der Waals surface area contributed by atoms with Gasteiger partial charge >= 0.3 is 0 Å². The molecule has 1 fully saturated rings. The number of rotatable bonds is 3. The monoisotopic (exact) mass is 335 g/mol. The molecule has 0 radical (unpaired) electrons. The number of aromatic nitrogens is 1. The van der Waals surface area contributed by atoms with Gasteiger partial charge in [-0.2, -0.15) is 11.8 Å². The average Bonchev–Trinajstić information content (AvgIpc) is 2.81. The summed E-state index contributed by atoms with van der Waals surface area (Å²) < 4.78 is 5.38. The Hall–Kier alpha value is -0.340. The van der Waals surface area contributed by atoms with Gasteiger partial charge in [-0.1, -0.05) is 11.3 Å². The summed E-state index contributed by atoms with van der Waals surface area (Å²) in [6.45, 7) is 2.35. The predicted octanol–water partition coefficient (Wildman–Crippen LogP) is 1.67. The summed E-state index contributed by atoms with van der Waals surface area (Å²) in [5.41, 5.74) is 1.08. The van der Waals surface area contributed by atoms with Gasteiger partial charge in [-0.15, -0.1) is 12.4 Å². The first-order valence-electron chi connectivity index (χ1n) is 6.48. The highest BCUT2D eigenvalue weighted by molar-refractivity contribution is 7.99. The lowest BCUT2D eigenvalue weighted by atomic mass is 10.2. The van der Waals surface area contributed by atoms with E-state index in [9.17, 15) is 4.79 Å². The van der Waals surface area contributed by atoms with Crippen LogP contribution in [0.15, 0.2) is 0 Å². The fraction of sp³-hybridized carbons (Fsp3) is 0.667. The summed E-state index contributed by atoms with van der Waals surface area (Å²) in [7, 11) is 0. The molecule has 0 bridgehead atoms. The first-order valence-corrected chi connectivity index (χ1v) is 8.45. The van der Waals surface area contributed by atoms with Crippen LogP contribution < -0.4 is 10.6 Å². The van der Waals surface area contributed by atoms with Crippen LogP contribution in [0.3, 0.4) is 0 Å². The molecule has 20 heavy (non-hydrogen) atoms. The van der Waals surface area contributed by atoms with E-state index in [1.54, 1.807) is 0 Å². The molecule has 1 amide bonds. The minimum atomic E-state index is 0. The molecular formula is C12H18ClN3O2S2. The molecule has 1 aromatic heterocycles. The minimum absolute atomic E-state index is 0. The van der Waals surface area contributed by atoms with Gasteiger partial charge in [-0.25, -0.2) is 4.98 Å². The number of thioether (sulfide) groups is 1. The zero-order valence-electron chi connectivity index (χ0n) is 11.0. The fourth-order valence-corrected chi connectivity index (χ4v) is 4.13. The lowest BCUT2D eigenvalue weighted by Crippen LogP contribution is -2.39. The molecule has 2 aliphatic rings. The maximum Gasteiger partial charge on any atom is 0.227 e. The van der Waals surface area contributed by atoms with Crippen molar-refractivity contribution in [3.8, 4) is 0 Å². The summed E-state index contributed by atoms with van der Waals surface area (Å²) in [6, 6.07) is 0.289. The minimum Gasteiger partial charge on any atom is -0.375 e. The van der Waals surface area contributed by atoms with Crippen LogP contribution in [0.4, 0.5) is 5.13 Å². The largest absolute Gasteiger partial charge is 0.375 e. The molecule has 2 aliphatic heterocycles. The Balaban J connectivity index is 0.00000147. The molecule has 1 saturated heterocycles. The number of anilines is 1. The Morgan fingerprint density at radius 2 is 2.45 bits per heavy atom. The zero-order valence-corrected chi connectivity index (χ0v) is 13.5. The summed E-state index contributed by atoms with van der Waals surface area (Å²) in [4.78, 5) is 17.6. The number of halogens is 1. The molecule has 3 rings (SSSR count). The molecule has 5 nitrogen and oxygen atoms in total.